The average molecular weight is 562 g/mol. The lowest BCUT2D eigenvalue weighted by molar-refractivity contribution is -0.146. The van der Waals surface area contributed by atoms with Crippen LogP contribution in [-0.2, 0) is 27.4 Å². The number of fused-ring (bicyclic) bond motifs is 1. The number of ether oxygens (including phenoxy) is 1. The van der Waals surface area contributed by atoms with Crippen molar-refractivity contribution in [2.24, 2.45) is 0 Å². The van der Waals surface area contributed by atoms with Crippen molar-refractivity contribution in [1.82, 2.24) is 9.80 Å². The topological polar surface area (TPSA) is 90.4 Å². The zero-order valence-electron chi connectivity index (χ0n) is 23.3. The summed E-state index contributed by atoms with van der Waals surface area (Å²) in [5, 5.41) is 8.93. The number of nitrogens with zero attached hydrogens (tertiary/aromatic N) is 3. The van der Waals surface area contributed by atoms with E-state index in [1.807, 2.05) is 43.3 Å². The number of carboxylic acid groups (broad SMARTS) is 1. The summed E-state index contributed by atoms with van der Waals surface area (Å²) >= 11 is 0. The number of hydrogen-bond acceptors (Lipinski definition) is 5. The third-order valence-corrected chi connectivity index (χ3v) is 7.10. The Hall–Kier alpha value is -4.08. The summed E-state index contributed by atoms with van der Waals surface area (Å²) in [6.07, 6.45) is 1.44. The molecule has 3 aromatic rings. The third kappa shape index (κ3) is 8.45. The van der Waals surface area contributed by atoms with Gasteiger partial charge in [-0.25, -0.2) is 9.18 Å². The highest BCUT2D eigenvalue weighted by molar-refractivity contribution is 6.07. The molecule has 1 aliphatic heterocycles. The van der Waals surface area contributed by atoms with Crippen LogP contribution in [0.2, 0.25) is 0 Å². The van der Waals surface area contributed by atoms with Crippen LogP contribution in [0.5, 0.6) is 0 Å². The molecule has 0 unspecified atom stereocenters. The molecule has 1 aliphatic rings. The minimum Gasteiger partial charge on any atom is -0.480 e. The molecule has 0 aromatic heterocycles. The van der Waals surface area contributed by atoms with Gasteiger partial charge in [-0.05, 0) is 60.7 Å². The molecule has 3 aromatic carbocycles. The van der Waals surface area contributed by atoms with Crippen molar-refractivity contribution in [2.45, 2.75) is 32.9 Å². The van der Waals surface area contributed by atoms with E-state index in [-0.39, 0.29) is 25.0 Å². The predicted molar refractivity (Wildman–Crippen MR) is 154 cm³/mol. The van der Waals surface area contributed by atoms with E-state index in [4.69, 9.17) is 9.84 Å². The lowest BCUT2D eigenvalue weighted by Gasteiger charge is -2.32. The van der Waals surface area contributed by atoms with Crippen LogP contribution >= 0.6 is 0 Å². The van der Waals surface area contributed by atoms with Crippen LogP contribution in [0.15, 0.2) is 72.8 Å². The first-order valence-corrected chi connectivity index (χ1v) is 13.8. The van der Waals surface area contributed by atoms with Crippen LogP contribution < -0.4 is 4.90 Å². The number of amides is 2. The molecule has 0 saturated carbocycles. The van der Waals surface area contributed by atoms with E-state index in [2.05, 4.69) is 17.0 Å². The number of anilines is 1. The van der Waals surface area contributed by atoms with Crippen molar-refractivity contribution in [1.29, 1.82) is 0 Å². The van der Waals surface area contributed by atoms with Gasteiger partial charge in [0.15, 0.2) is 0 Å². The molecule has 41 heavy (non-hydrogen) atoms. The van der Waals surface area contributed by atoms with Gasteiger partial charge in [-0.2, -0.15) is 0 Å². The van der Waals surface area contributed by atoms with Crippen molar-refractivity contribution in [3.8, 4) is 0 Å². The van der Waals surface area contributed by atoms with Gasteiger partial charge >= 0.3 is 5.97 Å². The summed E-state index contributed by atoms with van der Waals surface area (Å²) < 4.78 is 18.8. The van der Waals surface area contributed by atoms with Gasteiger partial charge < -0.3 is 19.6 Å². The van der Waals surface area contributed by atoms with Crippen molar-refractivity contribution in [3.63, 3.8) is 0 Å². The Labute approximate surface area is 239 Å². The van der Waals surface area contributed by atoms with Crippen molar-refractivity contribution in [2.75, 3.05) is 44.3 Å². The number of aliphatic carboxylic acids is 1. The van der Waals surface area contributed by atoms with Crippen LogP contribution in [0.25, 0.3) is 0 Å². The Balaban J connectivity index is 1.67. The minimum absolute atomic E-state index is 0.234. The first-order valence-electron chi connectivity index (χ1n) is 13.8. The fourth-order valence-electron chi connectivity index (χ4n) is 5.16. The Morgan fingerprint density at radius 2 is 1.56 bits per heavy atom. The maximum Gasteiger partial charge on any atom is 0.329 e. The zero-order chi connectivity index (χ0) is 29.2. The molecule has 0 aliphatic carbocycles. The van der Waals surface area contributed by atoms with Gasteiger partial charge in [0.2, 0.25) is 5.91 Å². The molecule has 0 bridgehead atoms. The third-order valence-electron chi connectivity index (χ3n) is 7.10. The average Bonchev–Trinajstić information content (AvgIpc) is 2.95. The Kier molecular flexibility index (Phi) is 10.6. The van der Waals surface area contributed by atoms with E-state index in [0.29, 0.717) is 18.7 Å². The molecule has 1 N–H and O–H groups in total. The monoisotopic (exact) mass is 561 g/mol. The fourth-order valence-corrected chi connectivity index (χ4v) is 5.16. The molecule has 216 valence electrons. The van der Waals surface area contributed by atoms with Crippen LogP contribution in [0.4, 0.5) is 10.1 Å². The maximum atomic E-state index is 13.9. The first-order chi connectivity index (χ1) is 19.8. The first kappa shape index (κ1) is 29.9. The number of rotatable bonds is 7. The van der Waals surface area contributed by atoms with Gasteiger partial charge in [-0.3, -0.25) is 14.5 Å². The van der Waals surface area contributed by atoms with E-state index in [1.54, 1.807) is 9.80 Å². The molecule has 9 heteroatoms. The Morgan fingerprint density at radius 1 is 0.854 bits per heavy atom. The standard InChI is InChI=1S/C32H36FN3O5/c1-24-8-5-11-27-21-35(29(37)22-41-23-30(38)39)18-6-16-34(20-25-9-3-2-4-10-25)17-7-19-36(31(24)27)32(40)26-12-14-28(33)15-13-26/h2-5,8-15H,6-7,16-23H2,1H3,(H,38,39). The highest BCUT2D eigenvalue weighted by Crippen LogP contribution is 2.29. The summed E-state index contributed by atoms with van der Waals surface area (Å²) in [5.41, 5.74) is 3.96. The molecule has 0 fully saturated rings. The van der Waals surface area contributed by atoms with E-state index in [9.17, 15) is 18.8 Å². The second kappa shape index (κ2) is 14.5. The van der Waals surface area contributed by atoms with Crippen molar-refractivity contribution in [3.05, 3.63) is 101 Å². The van der Waals surface area contributed by atoms with Crippen LogP contribution in [0.3, 0.4) is 0 Å². The van der Waals surface area contributed by atoms with Gasteiger partial charge in [-0.1, -0.05) is 48.5 Å². The lowest BCUT2D eigenvalue weighted by atomic mass is 10.0. The number of hydrogen-bond donors (Lipinski definition) is 1. The van der Waals surface area contributed by atoms with Crippen LogP contribution in [-0.4, -0.2) is 72.1 Å². The minimum atomic E-state index is -1.14. The summed E-state index contributed by atoms with van der Waals surface area (Å²) in [6.45, 7) is 4.35. The predicted octanol–water partition coefficient (Wildman–Crippen LogP) is 4.51. The van der Waals surface area contributed by atoms with Gasteiger partial charge in [0.05, 0.1) is 5.69 Å². The molecule has 0 saturated heterocycles. The van der Waals surface area contributed by atoms with Gasteiger partial charge in [0, 0.05) is 44.8 Å². The van der Waals surface area contributed by atoms with Gasteiger partial charge in [0.1, 0.15) is 19.0 Å². The highest BCUT2D eigenvalue weighted by atomic mass is 19.1. The van der Waals surface area contributed by atoms with Crippen molar-refractivity contribution >= 4 is 23.5 Å². The number of carbonyl (C=O) groups is 3. The quantitative estimate of drug-likeness (QED) is 0.457. The van der Waals surface area contributed by atoms with Gasteiger partial charge in [0.25, 0.3) is 5.91 Å². The van der Waals surface area contributed by atoms with Crippen molar-refractivity contribution < 1.29 is 28.6 Å². The number of para-hydroxylation sites is 1. The maximum absolute atomic E-state index is 13.9. The largest absolute Gasteiger partial charge is 0.480 e. The van der Waals surface area contributed by atoms with E-state index in [1.165, 1.54) is 29.8 Å². The summed E-state index contributed by atoms with van der Waals surface area (Å²) in [7, 11) is 0. The van der Waals surface area contributed by atoms with Crippen LogP contribution in [0, 0.1) is 12.7 Å². The molecule has 0 spiro atoms. The molecule has 0 atom stereocenters. The van der Waals surface area contributed by atoms with Gasteiger partial charge in [-0.15, -0.1) is 0 Å². The second-order valence-electron chi connectivity index (χ2n) is 10.2. The lowest BCUT2D eigenvalue weighted by Crippen LogP contribution is -2.40. The summed E-state index contributed by atoms with van der Waals surface area (Å²) in [5.74, 6) is -2.11. The zero-order valence-corrected chi connectivity index (χ0v) is 23.3. The molecule has 0 radical (unpaired) electrons. The molecule has 4 rings (SSSR count). The number of carboxylic acids is 1. The number of aryl methyl sites for hydroxylation is 1. The van der Waals surface area contributed by atoms with E-state index >= 15 is 0 Å². The normalized spacial score (nSPS) is 15.0. The molecular weight excluding hydrogens is 525 g/mol. The SMILES string of the molecule is Cc1cccc2c1N(C(=O)c1ccc(F)cc1)CCCN(Cc1ccccc1)CCCN(C(=O)COCC(=O)O)C2. The summed E-state index contributed by atoms with van der Waals surface area (Å²) in [6, 6.07) is 21.4. The van der Waals surface area contributed by atoms with E-state index in [0.717, 1.165) is 49.3 Å². The molecule has 8 nitrogen and oxygen atoms in total. The van der Waals surface area contributed by atoms with Crippen LogP contribution in [0.1, 0.15) is 39.9 Å². The fraction of sp³-hybridized carbons (Fsp3) is 0.344. The molecule has 2 amide bonds. The molecule has 1 heterocycles. The number of halogens is 1. The number of carbonyl (C=O) groups excluding carboxylic acids is 2. The second-order valence-corrected chi connectivity index (χ2v) is 10.2. The smallest absolute Gasteiger partial charge is 0.329 e. The highest BCUT2D eigenvalue weighted by Gasteiger charge is 2.25. The van der Waals surface area contributed by atoms with E-state index < -0.39 is 18.4 Å². The number of benzene rings is 3. The molecular formula is C32H36FN3O5. The summed E-state index contributed by atoms with van der Waals surface area (Å²) in [4.78, 5) is 43.7. The Bertz CT molecular complexity index is 1330. The Morgan fingerprint density at radius 3 is 2.27 bits per heavy atom.